The first kappa shape index (κ1) is 15.9. The summed E-state index contributed by atoms with van der Waals surface area (Å²) in [7, 11) is 1.47. The van der Waals surface area contributed by atoms with E-state index in [1.165, 1.54) is 25.3 Å². The van der Waals surface area contributed by atoms with Crippen LogP contribution in [0.4, 0.5) is 8.78 Å². The molecule has 0 saturated heterocycles. The summed E-state index contributed by atoms with van der Waals surface area (Å²) in [5.41, 5.74) is 3.85. The summed E-state index contributed by atoms with van der Waals surface area (Å²) >= 11 is 3.30. The second-order valence-electron chi connectivity index (χ2n) is 4.55. The van der Waals surface area contributed by atoms with Crippen LogP contribution in [-0.4, -0.2) is 7.11 Å². The molecule has 2 aromatic rings. The van der Waals surface area contributed by atoms with Gasteiger partial charge in [-0.3, -0.25) is 11.3 Å². The van der Waals surface area contributed by atoms with Crippen molar-refractivity contribution >= 4 is 15.9 Å². The van der Waals surface area contributed by atoms with Gasteiger partial charge in [0.15, 0.2) is 0 Å². The van der Waals surface area contributed by atoms with Crippen molar-refractivity contribution < 1.29 is 13.5 Å². The normalized spacial score (nSPS) is 12.2. The summed E-state index contributed by atoms with van der Waals surface area (Å²) in [6.45, 7) is 0. The summed E-state index contributed by atoms with van der Waals surface area (Å²) in [5.74, 6) is 5.23. The van der Waals surface area contributed by atoms with Crippen molar-refractivity contribution in [2.45, 2.75) is 12.5 Å². The number of methoxy groups -OCH3 is 1. The quantitative estimate of drug-likeness (QED) is 0.636. The van der Waals surface area contributed by atoms with Gasteiger partial charge in [0.2, 0.25) is 0 Å². The lowest BCUT2D eigenvalue weighted by Crippen LogP contribution is -2.30. The number of nitrogens with two attached hydrogens (primary N) is 1. The molecular formula is C15H15BrF2N2O. The number of halogens is 3. The monoisotopic (exact) mass is 356 g/mol. The van der Waals surface area contributed by atoms with E-state index in [-0.39, 0.29) is 5.82 Å². The van der Waals surface area contributed by atoms with Crippen LogP contribution in [0, 0.1) is 11.6 Å². The van der Waals surface area contributed by atoms with Gasteiger partial charge in [0.25, 0.3) is 0 Å². The van der Waals surface area contributed by atoms with E-state index in [0.717, 1.165) is 5.56 Å². The van der Waals surface area contributed by atoms with Gasteiger partial charge in [0.1, 0.15) is 17.4 Å². The number of hydrogen-bond donors (Lipinski definition) is 2. The lowest BCUT2D eigenvalue weighted by molar-refractivity contribution is 0.409. The highest BCUT2D eigenvalue weighted by Crippen LogP contribution is 2.27. The molecule has 3 nitrogen and oxygen atoms in total. The lowest BCUT2D eigenvalue weighted by Gasteiger charge is -2.18. The molecule has 0 heterocycles. The molecule has 0 aromatic heterocycles. The van der Waals surface area contributed by atoms with Crippen LogP contribution in [0.2, 0.25) is 0 Å². The highest BCUT2D eigenvalue weighted by atomic mass is 79.9. The van der Waals surface area contributed by atoms with Crippen LogP contribution < -0.4 is 16.0 Å². The molecule has 3 N–H and O–H groups in total. The molecule has 0 bridgehead atoms. The smallest absolute Gasteiger partial charge is 0.131 e. The fraction of sp³-hybridized carbons (Fsp3) is 0.200. The maximum atomic E-state index is 14.1. The van der Waals surface area contributed by atoms with E-state index < -0.39 is 11.9 Å². The standard InChI is InChI=1S/C15H15BrF2N2O/c1-21-11-4-5-12(14(18)8-11)15(20-19)6-9-2-3-10(17)7-13(9)16/h2-5,7-8,15,20H,6,19H2,1H3. The molecule has 21 heavy (non-hydrogen) atoms. The first-order chi connectivity index (χ1) is 10.0. The Balaban J connectivity index is 2.27. The molecule has 2 aromatic carbocycles. The van der Waals surface area contributed by atoms with E-state index >= 15 is 0 Å². The van der Waals surface area contributed by atoms with E-state index in [0.29, 0.717) is 22.2 Å². The fourth-order valence-electron chi connectivity index (χ4n) is 2.08. The van der Waals surface area contributed by atoms with Crippen LogP contribution >= 0.6 is 15.9 Å². The number of ether oxygens (including phenoxy) is 1. The van der Waals surface area contributed by atoms with Crippen molar-refractivity contribution in [3.63, 3.8) is 0 Å². The van der Waals surface area contributed by atoms with Crippen LogP contribution in [0.5, 0.6) is 5.75 Å². The lowest BCUT2D eigenvalue weighted by atomic mass is 9.99. The highest BCUT2D eigenvalue weighted by molar-refractivity contribution is 9.10. The third-order valence-electron chi connectivity index (χ3n) is 3.22. The summed E-state index contributed by atoms with van der Waals surface area (Å²) in [6, 6.07) is 8.53. The summed E-state index contributed by atoms with van der Waals surface area (Å²) < 4.78 is 32.8. The number of hydrazine groups is 1. The van der Waals surface area contributed by atoms with Crippen LogP contribution in [-0.2, 0) is 6.42 Å². The fourth-order valence-corrected chi connectivity index (χ4v) is 2.60. The van der Waals surface area contributed by atoms with Gasteiger partial charge in [-0.05, 0) is 30.2 Å². The Morgan fingerprint density at radius 1 is 1.24 bits per heavy atom. The zero-order valence-corrected chi connectivity index (χ0v) is 13.0. The molecule has 0 saturated carbocycles. The molecule has 1 atom stereocenters. The minimum atomic E-state index is -0.433. The topological polar surface area (TPSA) is 47.3 Å². The van der Waals surface area contributed by atoms with Gasteiger partial charge < -0.3 is 4.74 Å². The Bertz CT molecular complexity index is 637. The molecule has 6 heteroatoms. The minimum absolute atomic E-state index is 0.335. The van der Waals surface area contributed by atoms with Crippen molar-refractivity contribution in [3.8, 4) is 5.75 Å². The number of rotatable bonds is 5. The van der Waals surface area contributed by atoms with Crippen molar-refractivity contribution in [1.29, 1.82) is 0 Å². The third kappa shape index (κ3) is 3.78. The second-order valence-corrected chi connectivity index (χ2v) is 5.40. The minimum Gasteiger partial charge on any atom is -0.497 e. The highest BCUT2D eigenvalue weighted by Gasteiger charge is 2.17. The number of benzene rings is 2. The predicted octanol–water partition coefficient (Wildman–Crippen LogP) is 3.48. The van der Waals surface area contributed by atoms with E-state index in [9.17, 15) is 8.78 Å². The second kappa shape index (κ2) is 6.98. The molecule has 0 spiro atoms. The van der Waals surface area contributed by atoms with E-state index in [1.807, 2.05) is 0 Å². The molecular weight excluding hydrogens is 342 g/mol. The van der Waals surface area contributed by atoms with Crippen molar-refractivity contribution in [2.24, 2.45) is 5.84 Å². The molecule has 0 aliphatic heterocycles. The molecule has 1 unspecified atom stereocenters. The van der Waals surface area contributed by atoms with Crippen LogP contribution in [0.1, 0.15) is 17.2 Å². The molecule has 0 amide bonds. The van der Waals surface area contributed by atoms with Gasteiger partial charge in [-0.15, -0.1) is 0 Å². The van der Waals surface area contributed by atoms with Crippen molar-refractivity contribution in [2.75, 3.05) is 7.11 Å². The molecule has 0 radical (unpaired) electrons. The average molecular weight is 357 g/mol. The summed E-state index contributed by atoms with van der Waals surface area (Å²) in [6.07, 6.45) is 0.417. The molecule has 112 valence electrons. The average Bonchev–Trinajstić information content (AvgIpc) is 2.47. The zero-order valence-electron chi connectivity index (χ0n) is 11.4. The largest absolute Gasteiger partial charge is 0.497 e. The van der Waals surface area contributed by atoms with Gasteiger partial charge in [-0.1, -0.05) is 28.1 Å². The zero-order chi connectivity index (χ0) is 15.4. The summed E-state index contributed by atoms with van der Waals surface area (Å²) in [5, 5.41) is 0. The Morgan fingerprint density at radius 2 is 2.00 bits per heavy atom. The Morgan fingerprint density at radius 3 is 2.57 bits per heavy atom. The van der Waals surface area contributed by atoms with Crippen LogP contribution in [0.3, 0.4) is 0 Å². The first-order valence-corrected chi connectivity index (χ1v) is 7.08. The van der Waals surface area contributed by atoms with Gasteiger partial charge in [0, 0.05) is 16.1 Å². The maximum absolute atomic E-state index is 14.1. The first-order valence-electron chi connectivity index (χ1n) is 6.28. The van der Waals surface area contributed by atoms with Crippen molar-refractivity contribution in [3.05, 3.63) is 63.6 Å². The van der Waals surface area contributed by atoms with Crippen molar-refractivity contribution in [1.82, 2.24) is 5.43 Å². The number of nitrogens with one attached hydrogen (secondary N) is 1. The molecule has 0 aliphatic carbocycles. The predicted molar refractivity (Wildman–Crippen MR) is 80.8 cm³/mol. The van der Waals surface area contributed by atoms with Crippen LogP contribution in [0.15, 0.2) is 40.9 Å². The van der Waals surface area contributed by atoms with E-state index in [1.54, 1.807) is 18.2 Å². The van der Waals surface area contributed by atoms with Gasteiger partial charge >= 0.3 is 0 Å². The molecule has 0 fully saturated rings. The SMILES string of the molecule is COc1ccc(C(Cc2ccc(F)cc2Br)NN)c(F)c1. The van der Waals surface area contributed by atoms with Gasteiger partial charge in [-0.25, -0.2) is 8.78 Å². The Labute approximate surface area is 130 Å². The Kier molecular flexibility index (Phi) is 5.27. The van der Waals surface area contributed by atoms with Gasteiger partial charge in [0.05, 0.1) is 13.2 Å². The summed E-state index contributed by atoms with van der Waals surface area (Å²) in [4.78, 5) is 0. The van der Waals surface area contributed by atoms with E-state index in [2.05, 4.69) is 21.4 Å². The van der Waals surface area contributed by atoms with E-state index in [4.69, 9.17) is 10.6 Å². The maximum Gasteiger partial charge on any atom is 0.131 e. The van der Waals surface area contributed by atoms with Gasteiger partial charge in [-0.2, -0.15) is 0 Å². The third-order valence-corrected chi connectivity index (χ3v) is 3.96. The Hall–Kier alpha value is -1.50. The van der Waals surface area contributed by atoms with Crippen LogP contribution in [0.25, 0.3) is 0 Å². The molecule has 0 aliphatic rings. The molecule has 2 rings (SSSR count). The number of hydrogen-bond acceptors (Lipinski definition) is 3.